The minimum absolute atomic E-state index is 0.00474. The van der Waals surface area contributed by atoms with Crippen molar-refractivity contribution in [1.29, 1.82) is 0 Å². The second-order valence-corrected chi connectivity index (χ2v) is 16.5. The molecule has 2 fully saturated rings. The van der Waals surface area contributed by atoms with Crippen molar-refractivity contribution in [2.24, 2.45) is 0 Å². The van der Waals surface area contributed by atoms with Crippen molar-refractivity contribution in [2.75, 3.05) is 48.1 Å². The largest absolute Gasteiger partial charge is 0.490 e. The lowest BCUT2D eigenvalue weighted by molar-refractivity contribution is -0.156. The molecule has 49 heavy (non-hydrogen) atoms. The fourth-order valence-electron chi connectivity index (χ4n) is 4.62. The average Bonchev–Trinajstić information content (AvgIpc) is 3.86. The lowest BCUT2D eigenvalue weighted by Gasteiger charge is -2.27. The van der Waals surface area contributed by atoms with Gasteiger partial charge in [-0.2, -0.15) is 0 Å². The molecule has 2 aromatic rings. The third-order valence-corrected chi connectivity index (χ3v) is 13.0. The zero-order valence-corrected chi connectivity index (χ0v) is 30.6. The molecule has 0 saturated carbocycles. The van der Waals surface area contributed by atoms with E-state index in [1.54, 1.807) is 35.3 Å². The van der Waals surface area contributed by atoms with E-state index < -0.39 is 29.6 Å². The molecule has 2 aromatic carbocycles. The molecule has 2 heterocycles. The quantitative estimate of drug-likeness (QED) is 0.106. The van der Waals surface area contributed by atoms with Crippen LogP contribution in [0, 0.1) is 0 Å². The second-order valence-electron chi connectivity index (χ2n) is 11.4. The summed E-state index contributed by atoms with van der Waals surface area (Å²) >= 11 is 6.46. The van der Waals surface area contributed by atoms with Crippen molar-refractivity contribution in [2.45, 2.75) is 42.0 Å². The Kier molecular flexibility index (Phi) is 15.2. The summed E-state index contributed by atoms with van der Waals surface area (Å²) in [4.78, 5) is 48.3. The Morgan fingerprint density at radius 1 is 0.714 bits per heavy atom. The number of thioether (sulfide) groups is 4. The monoisotopic (exact) mass is 748 g/mol. The van der Waals surface area contributed by atoms with Gasteiger partial charge in [0.25, 0.3) is 0 Å². The van der Waals surface area contributed by atoms with Gasteiger partial charge in [0.2, 0.25) is 0 Å². The minimum Gasteiger partial charge on any atom is -0.490 e. The van der Waals surface area contributed by atoms with Crippen molar-refractivity contribution < 1.29 is 47.6 Å². The standard InChI is InChI=1S/C35H40O10S4/c1-5-31(36)41-16-27(17-42-33(38)29-19-46-21-48-29)44-26-13-9-24(10-14-26)35(3,4)23-7-11-25(12-8-23)40-15-28(45-32(37)6-2)18-43-34(39)30-20-47-22-49-30/h5-14,27-30H,1-2,15-22H2,3-4H3. The van der Waals surface area contributed by atoms with E-state index in [-0.39, 0.29) is 48.9 Å². The van der Waals surface area contributed by atoms with Crippen LogP contribution in [0.25, 0.3) is 0 Å². The number of hydrogen-bond acceptors (Lipinski definition) is 14. The minimum atomic E-state index is -0.795. The molecule has 0 aromatic heterocycles. The number of benzene rings is 2. The van der Waals surface area contributed by atoms with E-state index in [1.165, 1.54) is 11.8 Å². The van der Waals surface area contributed by atoms with Crippen LogP contribution in [-0.2, 0) is 43.5 Å². The van der Waals surface area contributed by atoms with Crippen LogP contribution in [0.1, 0.15) is 25.0 Å². The first-order valence-corrected chi connectivity index (χ1v) is 19.8. The highest BCUT2D eigenvalue weighted by Crippen LogP contribution is 2.34. The number of carbonyl (C=O) groups is 4. The Morgan fingerprint density at radius 3 is 1.69 bits per heavy atom. The maximum absolute atomic E-state index is 12.4. The van der Waals surface area contributed by atoms with Crippen LogP contribution in [0.15, 0.2) is 73.8 Å². The van der Waals surface area contributed by atoms with E-state index in [0.717, 1.165) is 33.4 Å². The van der Waals surface area contributed by atoms with E-state index in [9.17, 15) is 19.2 Å². The van der Waals surface area contributed by atoms with Crippen molar-refractivity contribution in [1.82, 2.24) is 0 Å². The molecular formula is C35H40O10S4. The van der Waals surface area contributed by atoms with Crippen LogP contribution >= 0.6 is 47.0 Å². The van der Waals surface area contributed by atoms with E-state index in [2.05, 4.69) is 27.0 Å². The summed E-state index contributed by atoms with van der Waals surface area (Å²) in [6.07, 6.45) is 0.630. The second kappa shape index (κ2) is 19.3. The predicted octanol–water partition coefficient (Wildman–Crippen LogP) is 5.66. The highest BCUT2D eigenvalue weighted by atomic mass is 32.2. The number of esters is 4. The number of carbonyl (C=O) groups excluding carboxylic acids is 4. The van der Waals surface area contributed by atoms with Crippen LogP contribution in [0.2, 0.25) is 0 Å². The first kappa shape index (κ1) is 38.6. The fourth-order valence-corrected chi connectivity index (χ4v) is 9.93. The Hall–Kier alpha value is -3.20. The zero-order valence-electron chi connectivity index (χ0n) is 27.4. The van der Waals surface area contributed by atoms with E-state index in [1.807, 2.05) is 48.5 Å². The maximum atomic E-state index is 12.4. The van der Waals surface area contributed by atoms with E-state index in [4.69, 9.17) is 28.4 Å². The fraction of sp³-hybridized carbons (Fsp3) is 0.429. The molecule has 4 unspecified atom stereocenters. The highest BCUT2D eigenvalue weighted by Gasteiger charge is 2.29. The third-order valence-electron chi connectivity index (χ3n) is 7.51. The van der Waals surface area contributed by atoms with Crippen molar-refractivity contribution in [3.63, 3.8) is 0 Å². The van der Waals surface area contributed by atoms with Crippen LogP contribution < -0.4 is 9.47 Å². The SMILES string of the molecule is C=CC(=O)OCC(COC(=O)C1CSCS1)Oc1ccc(C(C)(C)c2ccc(OCC(COC(=O)C3CSCS3)OC(=O)C=C)cc2)cc1. The topological polar surface area (TPSA) is 124 Å². The molecule has 0 aliphatic carbocycles. The van der Waals surface area contributed by atoms with Gasteiger partial charge in [-0.05, 0) is 35.4 Å². The Morgan fingerprint density at radius 2 is 1.20 bits per heavy atom. The van der Waals surface area contributed by atoms with Crippen LogP contribution in [-0.4, -0.2) is 94.7 Å². The molecule has 0 N–H and O–H groups in total. The smallest absolute Gasteiger partial charge is 0.330 e. The number of hydrogen-bond donors (Lipinski definition) is 0. The number of ether oxygens (including phenoxy) is 6. The first-order chi connectivity index (χ1) is 23.6. The molecule has 0 spiro atoms. The zero-order chi connectivity index (χ0) is 35.2. The maximum Gasteiger partial charge on any atom is 0.330 e. The van der Waals surface area contributed by atoms with Gasteiger partial charge in [-0.25, -0.2) is 9.59 Å². The molecule has 2 aliphatic rings. The lowest BCUT2D eigenvalue weighted by atomic mass is 9.78. The van der Waals surface area contributed by atoms with Gasteiger partial charge in [-0.3, -0.25) is 9.59 Å². The summed E-state index contributed by atoms with van der Waals surface area (Å²) in [7, 11) is 0. The molecule has 2 saturated heterocycles. The summed E-state index contributed by atoms with van der Waals surface area (Å²) in [6.45, 7) is 10.7. The molecule has 0 radical (unpaired) electrons. The van der Waals surface area contributed by atoms with Crippen LogP contribution in [0.4, 0.5) is 0 Å². The first-order valence-electron chi connectivity index (χ1n) is 15.4. The van der Waals surface area contributed by atoms with E-state index >= 15 is 0 Å². The summed E-state index contributed by atoms with van der Waals surface area (Å²) in [5, 5.41) is 1.27. The summed E-state index contributed by atoms with van der Waals surface area (Å²) < 4.78 is 33.4. The molecule has 10 nitrogen and oxygen atoms in total. The van der Waals surface area contributed by atoms with E-state index in [0.29, 0.717) is 23.0 Å². The third kappa shape index (κ3) is 12.0. The molecule has 264 valence electrons. The Balaban J connectivity index is 1.33. The molecule has 0 bridgehead atoms. The van der Waals surface area contributed by atoms with Gasteiger partial charge in [-0.1, -0.05) is 51.3 Å². The van der Waals surface area contributed by atoms with Gasteiger partial charge in [0.1, 0.15) is 48.4 Å². The van der Waals surface area contributed by atoms with Gasteiger partial charge < -0.3 is 28.4 Å². The van der Waals surface area contributed by atoms with Crippen LogP contribution in [0.5, 0.6) is 11.5 Å². The van der Waals surface area contributed by atoms with Crippen molar-refractivity contribution in [3.05, 3.63) is 85.0 Å². The van der Waals surface area contributed by atoms with Crippen molar-refractivity contribution >= 4 is 70.9 Å². The van der Waals surface area contributed by atoms with Gasteiger partial charge in [0.15, 0.2) is 12.2 Å². The predicted molar refractivity (Wildman–Crippen MR) is 195 cm³/mol. The van der Waals surface area contributed by atoms with Gasteiger partial charge in [0, 0.05) is 39.2 Å². The molecular weight excluding hydrogens is 709 g/mol. The van der Waals surface area contributed by atoms with Gasteiger partial charge >= 0.3 is 23.9 Å². The Bertz CT molecular complexity index is 1440. The molecule has 2 aliphatic heterocycles. The summed E-state index contributed by atoms with van der Waals surface area (Å²) in [5.41, 5.74) is 1.64. The van der Waals surface area contributed by atoms with Crippen molar-refractivity contribution in [3.8, 4) is 11.5 Å². The molecule has 4 atom stereocenters. The lowest BCUT2D eigenvalue weighted by Crippen LogP contribution is -2.33. The number of rotatable bonds is 18. The average molecular weight is 749 g/mol. The summed E-state index contributed by atoms with van der Waals surface area (Å²) in [6, 6.07) is 15.1. The molecule has 0 amide bonds. The van der Waals surface area contributed by atoms with Gasteiger partial charge in [-0.15, -0.1) is 47.0 Å². The highest BCUT2D eigenvalue weighted by molar-refractivity contribution is 8.20. The normalized spacial score (nSPS) is 18.4. The van der Waals surface area contributed by atoms with Crippen LogP contribution in [0.3, 0.4) is 0 Å². The molecule has 4 rings (SSSR count). The molecule has 14 heteroatoms. The Labute approximate surface area is 303 Å². The van der Waals surface area contributed by atoms with Gasteiger partial charge in [0.05, 0.1) is 0 Å². The summed E-state index contributed by atoms with van der Waals surface area (Å²) in [5.74, 6) is 0.649.